The minimum absolute atomic E-state index is 0.0646. The zero-order chi connectivity index (χ0) is 24.4. The van der Waals surface area contributed by atoms with Crippen LogP contribution in [-0.2, 0) is 4.79 Å². The number of rotatable bonds is 8. The van der Waals surface area contributed by atoms with Gasteiger partial charge in [0.1, 0.15) is 11.3 Å². The SMILES string of the molecule is Cc1cc(Nc2nc(Sc3ccc(NC(=O)CN4CCC(F)(CO)C4)cc3)nc3cccn23)n[nH]1. The van der Waals surface area contributed by atoms with Gasteiger partial charge in [-0.2, -0.15) is 10.1 Å². The summed E-state index contributed by atoms with van der Waals surface area (Å²) in [5, 5.41) is 22.9. The molecule has 0 aliphatic carbocycles. The van der Waals surface area contributed by atoms with Crippen molar-refractivity contribution < 1.29 is 14.3 Å². The van der Waals surface area contributed by atoms with Crippen molar-refractivity contribution in [3.05, 3.63) is 54.4 Å². The number of aromatic nitrogens is 5. The number of carbonyl (C=O) groups excluding carboxylic acids is 1. The Labute approximate surface area is 205 Å². The Morgan fingerprint density at radius 2 is 2.11 bits per heavy atom. The van der Waals surface area contributed by atoms with Crippen LogP contribution in [0.1, 0.15) is 12.1 Å². The second-order valence-corrected chi connectivity index (χ2v) is 9.61. The first-order chi connectivity index (χ1) is 16.9. The molecule has 0 radical (unpaired) electrons. The van der Waals surface area contributed by atoms with E-state index in [1.807, 2.05) is 47.9 Å². The summed E-state index contributed by atoms with van der Waals surface area (Å²) in [5.41, 5.74) is 0.721. The third-order valence-corrected chi connectivity index (χ3v) is 6.57. The van der Waals surface area contributed by atoms with Crippen LogP contribution in [0.15, 0.2) is 58.7 Å². The number of nitrogens with one attached hydrogen (secondary N) is 3. The van der Waals surface area contributed by atoms with E-state index in [4.69, 9.17) is 5.11 Å². The summed E-state index contributed by atoms with van der Waals surface area (Å²) in [6, 6.07) is 13.1. The first-order valence-electron chi connectivity index (χ1n) is 11.1. The molecule has 1 unspecified atom stereocenters. The van der Waals surface area contributed by atoms with Crippen molar-refractivity contribution in [2.24, 2.45) is 0 Å². The predicted molar refractivity (Wildman–Crippen MR) is 131 cm³/mol. The summed E-state index contributed by atoms with van der Waals surface area (Å²) in [6.45, 7) is 2.00. The van der Waals surface area contributed by atoms with Crippen molar-refractivity contribution in [1.82, 2.24) is 29.5 Å². The van der Waals surface area contributed by atoms with Crippen molar-refractivity contribution in [2.45, 2.75) is 29.1 Å². The molecule has 4 N–H and O–H groups in total. The van der Waals surface area contributed by atoms with Gasteiger partial charge in [-0.3, -0.25) is 19.2 Å². The van der Waals surface area contributed by atoms with Crippen LogP contribution in [-0.4, -0.2) is 72.4 Å². The molecule has 12 heteroatoms. The van der Waals surface area contributed by atoms with Crippen LogP contribution in [0.2, 0.25) is 0 Å². The van der Waals surface area contributed by atoms with Gasteiger partial charge in [0.25, 0.3) is 0 Å². The van der Waals surface area contributed by atoms with Crippen LogP contribution in [0.3, 0.4) is 0 Å². The molecule has 1 aliphatic rings. The number of halogens is 1. The molecule has 0 spiro atoms. The number of aliphatic hydroxyl groups is 1. The molecule has 10 nitrogen and oxygen atoms in total. The third kappa shape index (κ3) is 5.45. The summed E-state index contributed by atoms with van der Waals surface area (Å²) in [5.74, 6) is 1.03. The second-order valence-electron chi connectivity index (χ2n) is 8.57. The Morgan fingerprint density at radius 3 is 2.83 bits per heavy atom. The van der Waals surface area contributed by atoms with Crippen LogP contribution in [0.25, 0.3) is 5.65 Å². The van der Waals surface area contributed by atoms with Crippen LogP contribution < -0.4 is 10.6 Å². The van der Waals surface area contributed by atoms with Gasteiger partial charge in [-0.25, -0.2) is 9.37 Å². The Morgan fingerprint density at radius 1 is 1.29 bits per heavy atom. The van der Waals surface area contributed by atoms with E-state index in [0.29, 0.717) is 29.2 Å². The number of benzene rings is 1. The second kappa shape index (κ2) is 9.64. The van der Waals surface area contributed by atoms with Crippen molar-refractivity contribution in [3.8, 4) is 0 Å². The van der Waals surface area contributed by atoms with Crippen molar-refractivity contribution in [3.63, 3.8) is 0 Å². The lowest BCUT2D eigenvalue weighted by Crippen LogP contribution is -2.36. The number of hydrogen-bond donors (Lipinski definition) is 4. The van der Waals surface area contributed by atoms with Gasteiger partial charge < -0.3 is 15.7 Å². The first-order valence-corrected chi connectivity index (χ1v) is 11.9. The van der Waals surface area contributed by atoms with Crippen LogP contribution >= 0.6 is 11.8 Å². The number of nitrogens with zero attached hydrogens (tertiary/aromatic N) is 5. The molecule has 1 saturated heterocycles. The Bertz CT molecular complexity index is 1340. The van der Waals surface area contributed by atoms with Gasteiger partial charge >= 0.3 is 0 Å². The summed E-state index contributed by atoms with van der Waals surface area (Å²) in [4.78, 5) is 24.2. The molecule has 35 heavy (non-hydrogen) atoms. The maximum atomic E-state index is 14.1. The predicted octanol–water partition coefficient (Wildman–Crippen LogP) is 3.00. The molecule has 0 saturated carbocycles. The zero-order valence-electron chi connectivity index (χ0n) is 19.0. The fourth-order valence-corrected chi connectivity index (χ4v) is 4.69. The molecule has 1 atom stereocenters. The van der Waals surface area contributed by atoms with Crippen LogP contribution in [0, 0.1) is 6.92 Å². The van der Waals surface area contributed by atoms with E-state index in [-0.39, 0.29) is 25.4 Å². The van der Waals surface area contributed by atoms with E-state index in [0.717, 1.165) is 16.2 Å². The number of alkyl halides is 1. The average Bonchev–Trinajstić information content (AvgIpc) is 3.56. The molecule has 0 bridgehead atoms. The number of carbonyl (C=O) groups is 1. The van der Waals surface area contributed by atoms with E-state index in [1.54, 1.807) is 17.0 Å². The normalized spacial score (nSPS) is 18.3. The van der Waals surface area contributed by atoms with Gasteiger partial charge in [0.15, 0.2) is 11.0 Å². The third-order valence-electron chi connectivity index (χ3n) is 5.69. The maximum absolute atomic E-state index is 14.1. The average molecular weight is 497 g/mol. The van der Waals surface area contributed by atoms with E-state index in [1.165, 1.54) is 11.8 Å². The van der Waals surface area contributed by atoms with Gasteiger partial charge in [0.05, 0.1) is 13.2 Å². The summed E-state index contributed by atoms with van der Waals surface area (Å²) >= 11 is 1.40. The maximum Gasteiger partial charge on any atom is 0.238 e. The smallest absolute Gasteiger partial charge is 0.238 e. The molecule has 1 aromatic carbocycles. The number of anilines is 3. The highest BCUT2D eigenvalue weighted by Gasteiger charge is 2.38. The van der Waals surface area contributed by atoms with Gasteiger partial charge in [-0.15, -0.1) is 0 Å². The molecule has 1 fully saturated rings. The van der Waals surface area contributed by atoms with Gasteiger partial charge in [0, 0.05) is 41.6 Å². The highest BCUT2D eigenvalue weighted by atomic mass is 32.2. The highest BCUT2D eigenvalue weighted by molar-refractivity contribution is 7.99. The fraction of sp³-hybridized carbons (Fsp3) is 0.304. The quantitative estimate of drug-likeness (QED) is 0.294. The Kier molecular flexibility index (Phi) is 6.41. The first kappa shape index (κ1) is 23.3. The molecule has 1 amide bonds. The minimum Gasteiger partial charge on any atom is -0.393 e. The fourth-order valence-electron chi connectivity index (χ4n) is 3.94. The topological polar surface area (TPSA) is 123 Å². The van der Waals surface area contributed by atoms with Gasteiger partial charge in [-0.05, 0) is 61.5 Å². The van der Waals surface area contributed by atoms with Crippen molar-refractivity contribution >= 4 is 40.8 Å². The van der Waals surface area contributed by atoms with E-state index < -0.39 is 12.3 Å². The molecule has 4 heterocycles. The monoisotopic (exact) mass is 496 g/mol. The van der Waals surface area contributed by atoms with Gasteiger partial charge in [-0.1, -0.05) is 0 Å². The summed E-state index contributed by atoms with van der Waals surface area (Å²) in [7, 11) is 0. The molecule has 5 rings (SSSR count). The Balaban J connectivity index is 1.23. The van der Waals surface area contributed by atoms with Crippen molar-refractivity contribution in [2.75, 3.05) is 36.9 Å². The number of aryl methyl sites for hydroxylation is 1. The van der Waals surface area contributed by atoms with Crippen LogP contribution in [0.5, 0.6) is 0 Å². The number of amides is 1. The lowest BCUT2D eigenvalue weighted by Gasteiger charge is -2.18. The zero-order valence-corrected chi connectivity index (χ0v) is 19.8. The number of hydrogen-bond acceptors (Lipinski definition) is 8. The number of aliphatic hydroxyl groups excluding tert-OH is 1. The van der Waals surface area contributed by atoms with E-state index in [2.05, 4.69) is 30.8 Å². The molecule has 182 valence electrons. The Hall–Kier alpha value is -3.48. The number of likely N-dealkylation sites (tertiary alicyclic amines) is 1. The lowest BCUT2D eigenvalue weighted by atomic mass is 10.1. The summed E-state index contributed by atoms with van der Waals surface area (Å²) in [6.07, 6.45) is 2.11. The molecule has 4 aromatic rings. The van der Waals surface area contributed by atoms with Crippen LogP contribution in [0.4, 0.5) is 21.8 Å². The van der Waals surface area contributed by atoms with Crippen molar-refractivity contribution in [1.29, 1.82) is 0 Å². The molecular weight excluding hydrogens is 471 g/mol. The number of H-pyrrole nitrogens is 1. The lowest BCUT2D eigenvalue weighted by molar-refractivity contribution is -0.117. The standard InChI is InChI=1S/C23H25FN8O2S/c1-15-11-18(30-29-15)26-21-28-22(27-19-3-2-9-32(19)21)35-17-6-4-16(5-7-17)25-20(34)12-31-10-8-23(24,13-31)14-33/h2-7,9,11,33H,8,10,12-14H2,1H3,(H,25,34)(H2,26,27,28,29,30). The largest absolute Gasteiger partial charge is 0.393 e. The molecular formula is C23H25FN8O2S. The van der Waals surface area contributed by atoms with E-state index in [9.17, 15) is 9.18 Å². The molecule has 3 aromatic heterocycles. The number of fused-ring (bicyclic) bond motifs is 1. The van der Waals surface area contributed by atoms with Gasteiger partial charge in [0.2, 0.25) is 11.9 Å². The molecule has 1 aliphatic heterocycles. The minimum atomic E-state index is -1.61. The van der Waals surface area contributed by atoms with E-state index >= 15 is 0 Å². The number of aromatic amines is 1. The summed E-state index contributed by atoms with van der Waals surface area (Å²) < 4.78 is 16.0. The highest BCUT2D eigenvalue weighted by Crippen LogP contribution is 2.28.